The zero-order valence-corrected chi connectivity index (χ0v) is 15.2. The van der Waals surface area contributed by atoms with Crippen LogP contribution in [-0.2, 0) is 4.74 Å². The third-order valence-corrected chi connectivity index (χ3v) is 3.49. The fourth-order valence-corrected chi connectivity index (χ4v) is 2.32. The highest BCUT2D eigenvalue weighted by Gasteiger charge is 2.17. The largest absolute Gasteiger partial charge is 0.477 e. The van der Waals surface area contributed by atoms with E-state index in [0.717, 1.165) is 0 Å². The molecule has 0 saturated carbocycles. The molecule has 0 radical (unpaired) electrons. The summed E-state index contributed by atoms with van der Waals surface area (Å²) in [5.74, 6) is -1.28. The Morgan fingerprint density at radius 3 is 2.62 bits per heavy atom. The molecule has 1 aromatic carbocycles. The number of H-pyrrole nitrogens is 1. The van der Waals surface area contributed by atoms with Gasteiger partial charge in [-0.25, -0.2) is 9.59 Å². The molecule has 1 heterocycles. The number of amides is 1. The van der Waals surface area contributed by atoms with E-state index in [0.29, 0.717) is 17.7 Å². The number of ether oxygens (including phenoxy) is 1. The summed E-state index contributed by atoms with van der Waals surface area (Å²) < 4.78 is 5.19. The Bertz CT molecular complexity index is 883. The van der Waals surface area contributed by atoms with Crippen LogP contribution in [0.3, 0.4) is 0 Å². The average molecular weight is 361 g/mol. The number of fused-ring (bicyclic) bond motifs is 1. The maximum Gasteiger partial charge on any atom is 0.407 e. The Kier molecular flexibility index (Phi) is 5.54. The van der Waals surface area contributed by atoms with Gasteiger partial charge in [0, 0.05) is 35.4 Å². The van der Waals surface area contributed by atoms with Gasteiger partial charge in [0.2, 0.25) is 5.43 Å². The van der Waals surface area contributed by atoms with E-state index in [9.17, 15) is 14.4 Å². The molecule has 140 valence electrons. The Labute approximate surface area is 150 Å². The van der Waals surface area contributed by atoms with E-state index in [1.807, 2.05) is 6.92 Å². The number of hydrogen-bond acceptors (Lipinski definition) is 5. The second kappa shape index (κ2) is 7.47. The van der Waals surface area contributed by atoms with Gasteiger partial charge in [-0.2, -0.15) is 0 Å². The first-order valence-corrected chi connectivity index (χ1v) is 8.19. The average Bonchev–Trinajstić information content (AvgIpc) is 2.51. The number of carboxylic acids is 1. The summed E-state index contributed by atoms with van der Waals surface area (Å²) in [6.07, 6.45) is 0.681. The summed E-state index contributed by atoms with van der Waals surface area (Å²) in [4.78, 5) is 37.9. The van der Waals surface area contributed by atoms with Gasteiger partial charge in [0.25, 0.3) is 0 Å². The number of anilines is 1. The Hall–Kier alpha value is -3.03. The Morgan fingerprint density at radius 2 is 2.00 bits per heavy atom. The third kappa shape index (κ3) is 4.98. The highest BCUT2D eigenvalue weighted by molar-refractivity contribution is 5.93. The minimum atomic E-state index is -1.28. The van der Waals surface area contributed by atoms with E-state index < -0.39 is 23.1 Å². The zero-order chi connectivity index (χ0) is 19.5. The Morgan fingerprint density at radius 1 is 1.31 bits per heavy atom. The summed E-state index contributed by atoms with van der Waals surface area (Å²) in [6, 6.07) is 4.82. The third-order valence-electron chi connectivity index (χ3n) is 3.49. The summed E-state index contributed by atoms with van der Waals surface area (Å²) in [5.41, 5.74) is -0.239. The molecule has 26 heavy (non-hydrogen) atoms. The van der Waals surface area contributed by atoms with Crippen molar-refractivity contribution >= 4 is 28.7 Å². The summed E-state index contributed by atoms with van der Waals surface area (Å²) in [7, 11) is 0. The normalized spacial score (nSPS) is 12.5. The predicted molar refractivity (Wildman–Crippen MR) is 98.8 cm³/mol. The number of hydrogen-bond donors (Lipinski definition) is 4. The van der Waals surface area contributed by atoms with Crippen LogP contribution in [0.2, 0.25) is 0 Å². The van der Waals surface area contributed by atoms with E-state index in [1.165, 1.54) is 6.20 Å². The van der Waals surface area contributed by atoms with E-state index in [1.54, 1.807) is 39.0 Å². The summed E-state index contributed by atoms with van der Waals surface area (Å²) >= 11 is 0. The van der Waals surface area contributed by atoms with Gasteiger partial charge >= 0.3 is 12.1 Å². The summed E-state index contributed by atoms with van der Waals surface area (Å²) in [6.45, 7) is 7.57. The number of aromatic nitrogens is 1. The van der Waals surface area contributed by atoms with Crippen molar-refractivity contribution in [2.75, 3.05) is 11.9 Å². The molecule has 0 aliphatic carbocycles. The van der Waals surface area contributed by atoms with Gasteiger partial charge in [0.05, 0.1) is 0 Å². The van der Waals surface area contributed by atoms with Crippen LogP contribution in [0.15, 0.2) is 29.2 Å². The molecule has 0 saturated heterocycles. The molecule has 1 atom stereocenters. The fourth-order valence-electron chi connectivity index (χ4n) is 2.32. The van der Waals surface area contributed by atoms with Crippen LogP contribution in [0.1, 0.15) is 38.1 Å². The molecule has 0 fully saturated rings. The van der Waals surface area contributed by atoms with Crippen molar-refractivity contribution in [3.63, 3.8) is 0 Å². The number of carbonyl (C=O) groups is 2. The lowest BCUT2D eigenvalue weighted by Crippen LogP contribution is -2.40. The number of carbonyl (C=O) groups excluding carboxylic acids is 1. The highest BCUT2D eigenvalue weighted by Crippen LogP contribution is 2.15. The first-order chi connectivity index (χ1) is 12.1. The first kappa shape index (κ1) is 19.3. The van der Waals surface area contributed by atoms with Crippen LogP contribution in [0.5, 0.6) is 0 Å². The van der Waals surface area contributed by atoms with Crippen LogP contribution in [0, 0.1) is 0 Å². The SMILES string of the molecule is C[C@@H](CNc1ccc2[nH]cc(C(=O)O)c(=O)c2c1)NC(=O)OC(C)(C)C. The lowest BCUT2D eigenvalue weighted by atomic mass is 10.1. The molecule has 2 aromatic rings. The van der Waals surface area contributed by atoms with Crippen molar-refractivity contribution in [2.45, 2.75) is 39.3 Å². The molecule has 0 unspecified atom stereocenters. The van der Waals surface area contributed by atoms with E-state index >= 15 is 0 Å². The number of aromatic carboxylic acids is 1. The van der Waals surface area contributed by atoms with Crippen LogP contribution in [0.4, 0.5) is 10.5 Å². The molecule has 1 aromatic heterocycles. The van der Waals surface area contributed by atoms with Crippen LogP contribution in [0.25, 0.3) is 10.9 Å². The quantitative estimate of drug-likeness (QED) is 0.649. The molecule has 8 heteroatoms. The molecule has 0 bridgehead atoms. The Balaban J connectivity index is 2.07. The second-order valence-corrected chi connectivity index (χ2v) is 7.03. The maximum absolute atomic E-state index is 12.2. The maximum atomic E-state index is 12.2. The van der Waals surface area contributed by atoms with Crippen LogP contribution < -0.4 is 16.1 Å². The van der Waals surface area contributed by atoms with Gasteiger partial charge in [0.1, 0.15) is 11.2 Å². The van der Waals surface area contributed by atoms with Crippen molar-refractivity contribution in [1.82, 2.24) is 10.3 Å². The smallest absolute Gasteiger partial charge is 0.407 e. The fraction of sp³-hybridized carbons (Fsp3) is 0.389. The topological polar surface area (TPSA) is 121 Å². The molecule has 0 aliphatic rings. The minimum absolute atomic E-state index is 0.218. The van der Waals surface area contributed by atoms with Crippen molar-refractivity contribution < 1.29 is 19.4 Å². The minimum Gasteiger partial charge on any atom is -0.477 e. The first-order valence-electron chi connectivity index (χ1n) is 8.19. The van der Waals surface area contributed by atoms with Gasteiger partial charge in [-0.1, -0.05) is 0 Å². The van der Waals surface area contributed by atoms with Gasteiger partial charge in [-0.15, -0.1) is 0 Å². The second-order valence-electron chi connectivity index (χ2n) is 7.03. The number of rotatable bonds is 5. The van der Waals surface area contributed by atoms with Crippen molar-refractivity contribution in [1.29, 1.82) is 0 Å². The van der Waals surface area contributed by atoms with E-state index in [2.05, 4.69) is 15.6 Å². The number of carboxylic acid groups (broad SMARTS) is 1. The molecule has 0 spiro atoms. The monoisotopic (exact) mass is 361 g/mol. The lowest BCUT2D eigenvalue weighted by Gasteiger charge is -2.22. The molecular formula is C18H23N3O5. The standard InChI is InChI=1S/C18H23N3O5/c1-10(21-17(25)26-18(2,3)4)8-19-11-5-6-14-12(7-11)15(22)13(9-20-14)16(23)24/h5-7,9-10,19H,8H2,1-4H3,(H,20,22)(H,21,25)(H,23,24)/t10-/m0/s1. The number of benzene rings is 1. The molecule has 0 aliphatic heterocycles. The summed E-state index contributed by atoms with van der Waals surface area (Å²) in [5, 5.41) is 15.1. The number of alkyl carbamates (subject to hydrolysis) is 1. The predicted octanol–water partition coefficient (Wildman–Crippen LogP) is 2.55. The molecule has 1 amide bonds. The molecule has 8 nitrogen and oxygen atoms in total. The van der Waals surface area contributed by atoms with Crippen molar-refractivity contribution in [3.05, 3.63) is 40.2 Å². The van der Waals surface area contributed by atoms with E-state index in [4.69, 9.17) is 9.84 Å². The van der Waals surface area contributed by atoms with Crippen molar-refractivity contribution in [3.8, 4) is 0 Å². The zero-order valence-electron chi connectivity index (χ0n) is 15.2. The van der Waals surface area contributed by atoms with Gasteiger partial charge in [-0.05, 0) is 45.9 Å². The number of nitrogens with one attached hydrogen (secondary N) is 3. The number of pyridine rings is 1. The molecule has 4 N–H and O–H groups in total. The lowest BCUT2D eigenvalue weighted by molar-refractivity contribution is 0.0510. The van der Waals surface area contributed by atoms with Crippen LogP contribution in [-0.4, -0.2) is 40.3 Å². The molecule has 2 rings (SSSR count). The number of aromatic amines is 1. The van der Waals surface area contributed by atoms with Gasteiger partial charge in [0.15, 0.2) is 0 Å². The van der Waals surface area contributed by atoms with Crippen molar-refractivity contribution in [2.24, 2.45) is 0 Å². The van der Waals surface area contributed by atoms with E-state index in [-0.39, 0.29) is 17.0 Å². The van der Waals surface area contributed by atoms with Crippen LogP contribution >= 0.6 is 0 Å². The van der Waals surface area contributed by atoms with Gasteiger partial charge in [-0.3, -0.25) is 4.79 Å². The highest BCUT2D eigenvalue weighted by atomic mass is 16.6. The van der Waals surface area contributed by atoms with Gasteiger partial charge < -0.3 is 25.5 Å². The molecular weight excluding hydrogens is 338 g/mol.